The van der Waals surface area contributed by atoms with E-state index in [4.69, 9.17) is 11.6 Å². The van der Waals surface area contributed by atoms with Crippen LogP contribution in [-0.4, -0.2) is 17.8 Å². The highest BCUT2D eigenvalue weighted by Crippen LogP contribution is 2.36. The van der Waals surface area contributed by atoms with Gasteiger partial charge in [-0.15, -0.1) is 11.3 Å². The van der Waals surface area contributed by atoms with Crippen molar-refractivity contribution in [2.45, 2.75) is 12.5 Å². The molecule has 1 atom stereocenters. The molecule has 1 aliphatic heterocycles. The predicted octanol–water partition coefficient (Wildman–Crippen LogP) is 4.00. The smallest absolute Gasteiger partial charge is 0.321 e. The summed E-state index contributed by atoms with van der Waals surface area (Å²) in [6.07, 6.45) is 0. The average molecular weight is 418 g/mol. The summed E-state index contributed by atoms with van der Waals surface area (Å²) in [5.74, 6) is -1.33. The molecule has 1 aromatic heterocycles. The van der Waals surface area contributed by atoms with Gasteiger partial charge < -0.3 is 10.6 Å². The highest BCUT2D eigenvalue weighted by molar-refractivity contribution is 7.21. The van der Waals surface area contributed by atoms with Crippen LogP contribution in [0.25, 0.3) is 10.1 Å². The largest absolute Gasteiger partial charge is 0.322 e. The average Bonchev–Trinajstić information content (AvgIpc) is 3.11. The van der Waals surface area contributed by atoms with Crippen LogP contribution in [0.1, 0.15) is 22.2 Å². The van der Waals surface area contributed by atoms with E-state index in [0.29, 0.717) is 21.3 Å². The van der Waals surface area contributed by atoms with Gasteiger partial charge in [0, 0.05) is 15.8 Å². The number of rotatable bonds is 3. The Morgan fingerprint density at radius 3 is 2.71 bits per heavy atom. The Morgan fingerprint density at radius 2 is 2.00 bits per heavy atom. The van der Waals surface area contributed by atoms with Crippen LogP contribution in [0.4, 0.5) is 14.9 Å². The van der Waals surface area contributed by atoms with Crippen LogP contribution in [0.5, 0.6) is 0 Å². The monoisotopic (exact) mass is 417 g/mol. The second-order valence-electron chi connectivity index (χ2n) is 6.45. The van der Waals surface area contributed by atoms with Gasteiger partial charge in [0.05, 0.1) is 5.02 Å². The standard InChI is InChI=1S/C19H13ClFN3O3S/c1-19(17(26)23-18(27)24-19)9-3-2-4-11(7-9)22-16(25)15-14(20)12-6-5-10(21)8-13(12)28-15/h2-8H,1H3,(H,22,25)(H2,23,24,26,27)/t19-/m1/s1. The molecule has 0 saturated carbocycles. The fourth-order valence-corrected chi connectivity index (χ4v) is 4.46. The highest BCUT2D eigenvalue weighted by atomic mass is 35.5. The number of nitrogens with one attached hydrogen (secondary N) is 3. The first-order valence-corrected chi connectivity index (χ1v) is 9.40. The van der Waals surface area contributed by atoms with E-state index >= 15 is 0 Å². The van der Waals surface area contributed by atoms with Crippen LogP contribution in [0.3, 0.4) is 0 Å². The van der Waals surface area contributed by atoms with Crippen molar-refractivity contribution in [3.8, 4) is 0 Å². The van der Waals surface area contributed by atoms with E-state index in [0.717, 1.165) is 11.3 Å². The maximum Gasteiger partial charge on any atom is 0.322 e. The summed E-state index contributed by atoms with van der Waals surface area (Å²) in [6.45, 7) is 1.57. The molecule has 2 heterocycles. The minimum atomic E-state index is -1.23. The van der Waals surface area contributed by atoms with Gasteiger partial charge in [-0.1, -0.05) is 23.7 Å². The van der Waals surface area contributed by atoms with Crippen molar-refractivity contribution in [3.05, 3.63) is 63.7 Å². The van der Waals surface area contributed by atoms with Gasteiger partial charge in [-0.05, 0) is 42.8 Å². The Hall–Kier alpha value is -2.97. The number of benzene rings is 2. The molecule has 6 nitrogen and oxygen atoms in total. The Kier molecular flexibility index (Phi) is 4.32. The van der Waals surface area contributed by atoms with Crippen molar-refractivity contribution < 1.29 is 18.8 Å². The summed E-state index contributed by atoms with van der Waals surface area (Å²) in [5.41, 5.74) is -0.291. The molecular weight excluding hydrogens is 405 g/mol. The minimum absolute atomic E-state index is 0.253. The lowest BCUT2D eigenvalue weighted by molar-refractivity contribution is -0.123. The lowest BCUT2D eigenvalue weighted by atomic mass is 9.92. The molecule has 0 bridgehead atoms. The molecule has 3 aromatic rings. The number of fused-ring (bicyclic) bond motifs is 1. The first kappa shape index (κ1) is 18.4. The summed E-state index contributed by atoms with van der Waals surface area (Å²) in [6, 6.07) is 10.2. The van der Waals surface area contributed by atoms with Crippen molar-refractivity contribution in [1.82, 2.24) is 10.6 Å². The molecule has 28 heavy (non-hydrogen) atoms. The number of imide groups is 1. The Balaban J connectivity index is 1.63. The van der Waals surface area contributed by atoms with E-state index in [2.05, 4.69) is 16.0 Å². The second-order valence-corrected chi connectivity index (χ2v) is 7.88. The van der Waals surface area contributed by atoms with Gasteiger partial charge in [-0.25, -0.2) is 9.18 Å². The van der Waals surface area contributed by atoms with E-state index in [1.165, 1.54) is 18.2 Å². The quantitative estimate of drug-likeness (QED) is 0.563. The van der Waals surface area contributed by atoms with E-state index in [9.17, 15) is 18.8 Å². The van der Waals surface area contributed by atoms with Crippen molar-refractivity contribution in [1.29, 1.82) is 0 Å². The minimum Gasteiger partial charge on any atom is -0.321 e. The second kappa shape index (κ2) is 6.57. The van der Waals surface area contributed by atoms with Crippen LogP contribution in [0.2, 0.25) is 5.02 Å². The van der Waals surface area contributed by atoms with Crippen molar-refractivity contribution in [3.63, 3.8) is 0 Å². The summed E-state index contributed by atoms with van der Waals surface area (Å²) < 4.78 is 14.0. The highest BCUT2D eigenvalue weighted by Gasteiger charge is 2.43. The maximum absolute atomic E-state index is 13.4. The van der Waals surface area contributed by atoms with Gasteiger partial charge in [0.15, 0.2) is 0 Å². The van der Waals surface area contributed by atoms with Gasteiger partial charge in [0.25, 0.3) is 11.8 Å². The fourth-order valence-electron chi connectivity index (χ4n) is 3.03. The molecule has 4 amide bonds. The number of hydrogen-bond acceptors (Lipinski definition) is 4. The number of hydrogen-bond donors (Lipinski definition) is 3. The van der Waals surface area contributed by atoms with Crippen molar-refractivity contribution in [2.24, 2.45) is 0 Å². The van der Waals surface area contributed by atoms with Crippen LogP contribution >= 0.6 is 22.9 Å². The van der Waals surface area contributed by atoms with Crippen LogP contribution in [0, 0.1) is 5.82 Å². The summed E-state index contributed by atoms with van der Waals surface area (Å²) in [4.78, 5) is 36.5. The molecule has 4 rings (SSSR count). The van der Waals surface area contributed by atoms with Gasteiger partial charge in [0.1, 0.15) is 16.2 Å². The number of anilines is 1. The van der Waals surface area contributed by atoms with E-state index in [1.54, 1.807) is 31.2 Å². The molecule has 0 radical (unpaired) electrons. The number of amides is 4. The van der Waals surface area contributed by atoms with Crippen LogP contribution < -0.4 is 16.0 Å². The zero-order valence-electron chi connectivity index (χ0n) is 14.4. The van der Waals surface area contributed by atoms with Gasteiger partial charge in [-0.2, -0.15) is 0 Å². The lowest BCUT2D eigenvalue weighted by Gasteiger charge is -2.21. The Labute approximate surface area is 167 Å². The number of halogens is 2. The molecule has 1 aliphatic rings. The molecule has 142 valence electrons. The molecular formula is C19H13ClFN3O3S. The predicted molar refractivity (Wildman–Crippen MR) is 105 cm³/mol. The third kappa shape index (κ3) is 3.00. The molecule has 0 spiro atoms. The number of carbonyl (C=O) groups is 3. The normalized spacial score (nSPS) is 18.8. The topological polar surface area (TPSA) is 87.3 Å². The molecule has 9 heteroatoms. The van der Waals surface area contributed by atoms with Crippen LogP contribution in [0.15, 0.2) is 42.5 Å². The third-order valence-electron chi connectivity index (χ3n) is 4.54. The van der Waals surface area contributed by atoms with Gasteiger partial charge >= 0.3 is 6.03 Å². The third-order valence-corrected chi connectivity index (χ3v) is 6.20. The molecule has 0 unspecified atom stereocenters. The fraction of sp³-hybridized carbons (Fsp3) is 0.105. The number of urea groups is 1. The Bertz CT molecular complexity index is 1160. The summed E-state index contributed by atoms with van der Waals surface area (Å²) in [7, 11) is 0. The molecule has 1 saturated heterocycles. The lowest BCUT2D eigenvalue weighted by Crippen LogP contribution is -2.40. The van der Waals surface area contributed by atoms with Gasteiger partial charge in [-0.3, -0.25) is 14.9 Å². The number of carbonyl (C=O) groups excluding carboxylic acids is 3. The Morgan fingerprint density at radius 1 is 1.21 bits per heavy atom. The molecule has 3 N–H and O–H groups in total. The zero-order chi connectivity index (χ0) is 20.1. The van der Waals surface area contributed by atoms with E-state index < -0.39 is 29.2 Å². The van der Waals surface area contributed by atoms with Crippen molar-refractivity contribution >= 4 is 56.6 Å². The first-order valence-electron chi connectivity index (χ1n) is 8.21. The SMILES string of the molecule is C[C@]1(c2cccc(NC(=O)c3sc4cc(F)ccc4c3Cl)c2)NC(=O)NC1=O. The molecule has 2 aromatic carbocycles. The summed E-state index contributed by atoms with van der Waals surface area (Å²) in [5, 5.41) is 8.36. The van der Waals surface area contributed by atoms with Gasteiger partial charge in [0.2, 0.25) is 0 Å². The van der Waals surface area contributed by atoms with E-state index in [-0.39, 0.29) is 9.90 Å². The van der Waals surface area contributed by atoms with Crippen molar-refractivity contribution in [2.75, 3.05) is 5.32 Å². The number of thiophene rings is 1. The van der Waals surface area contributed by atoms with Crippen LogP contribution in [-0.2, 0) is 10.3 Å². The first-order chi connectivity index (χ1) is 13.3. The zero-order valence-corrected chi connectivity index (χ0v) is 16.0. The molecule has 1 fully saturated rings. The summed E-state index contributed by atoms with van der Waals surface area (Å²) >= 11 is 7.38. The molecule has 0 aliphatic carbocycles. The maximum atomic E-state index is 13.4. The van der Waals surface area contributed by atoms with E-state index in [1.807, 2.05) is 0 Å².